The first kappa shape index (κ1) is 7.12. The van der Waals surface area contributed by atoms with E-state index in [0.717, 1.165) is 0 Å². The summed E-state index contributed by atoms with van der Waals surface area (Å²) in [5, 5.41) is 19.7. The highest BCUT2D eigenvalue weighted by atomic mass is 16.7. The Morgan fingerprint density at radius 3 is 2.27 bits per heavy atom. The number of oxazole rings is 1. The molecule has 0 aliphatic heterocycles. The molecule has 0 saturated heterocycles. The summed E-state index contributed by atoms with van der Waals surface area (Å²) in [6.07, 6.45) is 0.679. The molecular weight excluding hydrogens is 158 g/mol. The van der Waals surface area contributed by atoms with Crippen molar-refractivity contribution in [3.05, 3.63) is 26.4 Å². The van der Waals surface area contributed by atoms with Crippen LogP contribution in [0.15, 0.2) is 10.6 Å². The molecule has 0 fully saturated rings. The standard InChI is InChI=1S/C3HN3O5/c7-5(8)2-1-4-3(11-2)6(9)10/h1H. The third-order valence-corrected chi connectivity index (χ3v) is 0.817. The maximum absolute atomic E-state index is 9.89. The van der Waals surface area contributed by atoms with E-state index in [1.165, 1.54) is 0 Å². The van der Waals surface area contributed by atoms with Gasteiger partial charge in [0.1, 0.15) is 4.92 Å². The zero-order valence-electron chi connectivity index (χ0n) is 4.96. The summed E-state index contributed by atoms with van der Waals surface area (Å²) in [6, 6.07) is -0.878. The molecule has 8 nitrogen and oxygen atoms in total. The molecule has 0 aromatic carbocycles. The Kier molecular flexibility index (Phi) is 1.51. The van der Waals surface area contributed by atoms with Crippen molar-refractivity contribution in [3.63, 3.8) is 0 Å². The van der Waals surface area contributed by atoms with Gasteiger partial charge >= 0.3 is 11.9 Å². The molecule has 0 amide bonds. The largest absolute Gasteiger partial charge is 0.550 e. The van der Waals surface area contributed by atoms with E-state index in [9.17, 15) is 20.2 Å². The van der Waals surface area contributed by atoms with E-state index in [4.69, 9.17) is 0 Å². The second-order valence-electron chi connectivity index (χ2n) is 1.50. The summed E-state index contributed by atoms with van der Waals surface area (Å²) in [5.74, 6) is -0.739. The maximum atomic E-state index is 9.89. The SMILES string of the molecule is O=[N+]([O-])c1cnc([N+](=O)[O-])o1. The van der Waals surface area contributed by atoms with Gasteiger partial charge in [-0.25, -0.2) is 0 Å². The number of aromatic nitrogens is 1. The fourth-order valence-electron chi connectivity index (χ4n) is 0.425. The van der Waals surface area contributed by atoms with Crippen LogP contribution in [-0.4, -0.2) is 14.8 Å². The van der Waals surface area contributed by atoms with E-state index in [1.807, 2.05) is 0 Å². The molecule has 0 N–H and O–H groups in total. The predicted molar refractivity (Wildman–Crippen MR) is 29.8 cm³/mol. The van der Waals surface area contributed by atoms with E-state index in [2.05, 4.69) is 9.40 Å². The molecule has 0 aliphatic rings. The zero-order chi connectivity index (χ0) is 8.43. The van der Waals surface area contributed by atoms with E-state index < -0.39 is 21.7 Å². The molecule has 1 rings (SSSR count). The molecule has 0 bridgehead atoms. The number of nitrogens with zero attached hydrogens (tertiary/aromatic N) is 3. The van der Waals surface area contributed by atoms with Crippen molar-refractivity contribution >= 4 is 11.9 Å². The van der Waals surface area contributed by atoms with Crippen LogP contribution in [0.1, 0.15) is 0 Å². The predicted octanol–water partition coefficient (Wildman–Crippen LogP) is 0.491. The first-order valence-electron chi connectivity index (χ1n) is 2.36. The highest BCUT2D eigenvalue weighted by molar-refractivity contribution is 5.13. The van der Waals surface area contributed by atoms with Crippen molar-refractivity contribution in [1.29, 1.82) is 0 Å². The average Bonchev–Trinajstić information content (AvgIpc) is 2.33. The Hall–Kier alpha value is -1.99. The minimum Gasteiger partial charge on any atom is -0.355 e. The molecule has 11 heavy (non-hydrogen) atoms. The summed E-state index contributed by atoms with van der Waals surface area (Å²) in [7, 11) is 0. The molecule has 58 valence electrons. The van der Waals surface area contributed by atoms with Crippen molar-refractivity contribution in [2.45, 2.75) is 0 Å². The Morgan fingerprint density at radius 1 is 1.36 bits per heavy atom. The highest BCUT2D eigenvalue weighted by Gasteiger charge is 2.22. The second kappa shape index (κ2) is 2.33. The van der Waals surface area contributed by atoms with E-state index in [1.54, 1.807) is 0 Å². The Morgan fingerprint density at radius 2 is 2.00 bits per heavy atom. The number of rotatable bonds is 2. The van der Waals surface area contributed by atoms with Gasteiger partial charge < -0.3 is 14.5 Å². The van der Waals surface area contributed by atoms with Crippen LogP contribution in [0.25, 0.3) is 0 Å². The van der Waals surface area contributed by atoms with Crippen LogP contribution in [0.5, 0.6) is 0 Å². The van der Waals surface area contributed by atoms with Crippen molar-refractivity contribution < 1.29 is 14.3 Å². The molecule has 1 aromatic heterocycles. The molecule has 0 radical (unpaired) electrons. The van der Waals surface area contributed by atoms with Gasteiger partial charge in [-0.2, -0.15) is 0 Å². The smallest absolute Gasteiger partial charge is 0.355 e. The second-order valence-corrected chi connectivity index (χ2v) is 1.50. The minimum absolute atomic E-state index is 0.679. The molecule has 8 heteroatoms. The lowest BCUT2D eigenvalue weighted by molar-refractivity contribution is -0.426. The van der Waals surface area contributed by atoms with Gasteiger partial charge in [0, 0.05) is 9.91 Å². The van der Waals surface area contributed by atoms with E-state index in [0.29, 0.717) is 6.20 Å². The average molecular weight is 159 g/mol. The van der Waals surface area contributed by atoms with Crippen LogP contribution in [0.4, 0.5) is 11.9 Å². The van der Waals surface area contributed by atoms with Gasteiger partial charge in [-0.3, -0.25) is 10.1 Å². The molecule has 1 heterocycles. The molecule has 0 unspecified atom stereocenters. The Labute approximate surface area is 58.8 Å². The lowest BCUT2D eigenvalue weighted by Gasteiger charge is -1.81. The third kappa shape index (κ3) is 1.28. The van der Waals surface area contributed by atoms with Gasteiger partial charge in [0.2, 0.25) is 0 Å². The van der Waals surface area contributed by atoms with Gasteiger partial charge in [0.25, 0.3) is 6.20 Å². The van der Waals surface area contributed by atoms with Gasteiger partial charge in [0.15, 0.2) is 0 Å². The number of nitro groups is 2. The lowest BCUT2D eigenvalue weighted by Crippen LogP contribution is -1.86. The third-order valence-electron chi connectivity index (χ3n) is 0.817. The molecule has 0 aliphatic carbocycles. The van der Waals surface area contributed by atoms with Crippen molar-refractivity contribution in [3.8, 4) is 0 Å². The first-order valence-corrected chi connectivity index (χ1v) is 2.36. The number of hydrogen-bond acceptors (Lipinski definition) is 6. The molecule has 0 spiro atoms. The first-order chi connectivity index (χ1) is 5.11. The van der Waals surface area contributed by atoms with Gasteiger partial charge in [-0.05, 0) is 0 Å². The lowest BCUT2D eigenvalue weighted by atomic mass is 10.8. The van der Waals surface area contributed by atoms with Crippen molar-refractivity contribution in [2.24, 2.45) is 0 Å². The van der Waals surface area contributed by atoms with Crippen LogP contribution in [0.2, 0.25) is 0 Å². The molecule has 0 atom stereocenters. The normalized spacial score (nSPS) is 9.45. The van der Waals surface area contributed by atoms with Gasteiger partial charge in [-0.1, -0.05) is 0 Å². The van der Waals surface area contributed by atoms with E-state index >= 15 is 0 Å². The summed E-state index contributed by atoms with van der Waals surface area (Å²) >= 11 is 0. The van der Waals surface area contributed by atoms with Crippen LogP contribution in [0.3, 0.4) is 0 Å². The number of hydrogen-bond donors (Lipinski definition) is 0. The van der Waals surface area contributed by atoms with Crippen molar-refractivity contribution in [1.82, 2.24) is 4.98 Å². The van der Waals surface area contributed by atoms with Crippen molar-refractivity contribution in [2.75, 3.05) is 0 Å². The van der Waals surface area contributed by atoms with Crippen LogP contribution < -0.4 is 0 Å². The van der Waals surface area contributed by atoms with Crippen LogP contribution in [-0.2, 0) is 0 Å². The van der Waals surface area contributed by atoms with Gasteiger partial charge in [-0.15, -0.1) is 0 Å². The minimum atomic E-state index is -0.951. The fraction of sp³-hybridized carbons (Fsp3) is 0. The maximum Gasteiger partial charge on any atom is 0.550 e. The molecular formula is C3HN3O5. The monoisotopic (exact) mass is 159 g/mol. The summed E-state index contributed by atoms with van der Waals surface area (Å²) in [5.41, 5.74) is 0. The Balaban J connectivity index is 2.99. The summed E-state index contributed by atoms with van der Waals surface area (Å²) in [6.45, 7) is 0. The van der Waals surface area contributed by atoms with Crippen LogP contribution in [0, 0.1) is 20.2 Å². The van der Waals surface area contributed by atoms with Gasteiger partial charge in [0.05, 0.1) is 0 Å². The fourth-order valence-corrected chi connectivity index (χ4v) is 0.425. The van der Waals surface area contributed by atoms with E-state index in [-0.39, 0.29) is 0 Å². The quantitative estimate of drug-likeness (QED) is 0.458. The summed E-state index contributed by atoms with van der Waals surface area (Å²) < 4.78 is 4.10. The molecule has 0 saturated carbocycles. The zero-order valence-corrected chi connectivity index (χ0v) is 4.96. The Bertz CT molecular complexity index is 275. The highest BCUT2D eigenvalue weighted by Crippen LogP contribution is 2.17. The molecule has 1 aromatic rings. The summed E-state index contributed by atoms with van der Waals surface area (Å²) in [4.78, 5) is 20.9. The van der Waals surface area contributed by atoms with Crippen LogP contribution >= 0.6 is 0 Å². The topological polar surface area (TPSA) is 112 Å².